The molecule has 0 radical (unpaired) electrons. The molecule has 0 atom stereocenters. The van der Waals surface area contributed by atoms with E-state index in [4.69, 9.17) is 5.14 Å². The number of nitrogens with one attached hydrogen (secondary N) is 1. The van der Waals surface area contributed by atoms with Crippen molar-refractivity contribution in [1.29, 1.82) is 0 Å². The second kappa shape index (κ2) is 5.29. The third-order valence-corrected chi connectivity index (χ3v) is 3.19. The van der Waals surface area contributed by atoms with Gasteiger partial charge in [-0.05, 0) is 12.1 Å². The van der Waals surface area contributed by atoms with Crippen molar-refractivity contribution in [2.75, 3.05) is 12.3 Å². The monoisotopic (exact) mass is 280 g/mol. The smallest absolute Gasteiger partial charge is 0.253 e. The Bertz CT molecular complexity index is 709. The summed E-state index contributed by atoms with van der Waals surface area (Å²) in [6.07, 6.45) is 3.02. The van der Waals surface area contributed by atoms with Gasteiger partial charge in [0.1, 0.15) is 5.52 Å². The van der Waals surface area contributed by atoms with Crippen molar-refractivity contribution in [3.63, 3.8) is 0 Å². The highest BCUT2D eigenvalue weighted by molar-refractivity contribution is 7.89. The van der Waals surface area contributed by atoms with E-state index in [-0.39, 0.29) is 12.3 Å². The van der Waals surface area contributed by atoms with Crippen molar-refractivity contribution >= 4 is 27.0 Å². The molecule has 100 valence electrons. The number of fused-ring (bicyclic) bond motifs is 1. The number of para-hydroxylation sites is 1. The van der Waals surface area contributed by atoms with Crippen molar-refractivity contribution < 1.29 is 13.2 Å². The molecule has 3 N–H and O–H groups in total. The summed E-state index contributed by atoms with van der Waals surface area (Å²) in [4.78, 5) is 20.1. The van der Waals surface area contributed by atoms with Gasteiger partial charge >= 0.3 is 0 Å². The molecule has 0 unspecified atom stereocenters. The van der Waals surface area contributed by atoms with Crippen LogP contribution in [-0.4, -0.2) is 36.6 Å². The van der Waals surface area contributed by atoms with E-state index in [2.05, 4.69) is 15.3 Å². The predicted molar refractivity (Wildman–Crippen MR) is 69.8 cm³/mol. The van der Waals surface area contributed by atoms with Gasteiger partial charge in [-0.2, -0.15) is 0 Å². The van der Waals surface area contributed by atoms with Gasteiger partial charge in [0.2, 0.25) is 10.0 Å². The van der Waals surface area contributed by atoms with Gasteiger partial charge in [0.05, 0.1) is 16.8 Å². The van der Waals surface area contributed by atoms with Gasteiger partial charge in [0, 0.05) is 18.9 Å². The van der Waals surface area contributed by atoms with Gasteiger partial charge in [-0.15, -0.1) is 0 Å². The number of aromatic nitrogens is 2. The fourth-order valence-electron chi connectivity index (χ4n) is 1.58. The molecule has 0 saturated carbocycles. The number of sulfonamides is 1. The molecule has 19 heavy (non-hydrogen) atoms. The van der Waals surface area contributed by atoms with Gasteiger partial charge in [0.15, 0.2) is 0 Å². The second-order valence-corrected chi connectivity index (χ2v) is 5.59. The van der Waals surface area contributed by atoms with Crippen molar-refractivity contribution in [3.8, 4) is 0 Å². The Hall–Kier alpha value is -2.06. The van der Waals surface area contributed by atoms with Gasteiger partial charge in [-0.1, -0.05) is 6.07 Å². The summed E-state index contributed by atoms with van der Waals surface area (Å²) in [6.45, 7) is -0.0473. The lowest BCUT2D eigenvalue weighted by molar-refractivity contribution is 0.0957. The molecule has 8 heteroatoms. The Kier molecular flexibility index (Phi) is 3.72. The van der Waals surface area contributed by atoms with E-state index in [1.807, 2.05) is 0 Å². The molecule has 0 aliphatic heterocycles. The minimum absolute atomic E-state index is 0.0473. The maximum Gasteiger partial charge on any atom is 0.253 e. The van der Waals surface area contributed by atoms with Crippen molar-refractivity contribution in [2.45, 2.75) is 0 Å². The predicted octanol–water partition coefficient (Wildman–Crippen LogP) is -0.352. The summed E-state index contributed by atoms with van der Waals surface area (Å²) < 4.78 is 21.5. The molecule has 7 nitrogen and oxygen atoms in total. The van der Waals surface area contributed by atoms with Crippen LogP contribution < -0.4 is 10.5 Å². The normalized spacial score (nSPS) is 11.4. The third kappa shape index (κ3) is 3.46. The van der Waals surface area contributed by atoms with E-state index in [9.17, 15) is 13.2 Å². The molecule has 0 fully saturated rings. The summed E-state index contributed by atoms with van der Waals surface area (Å²) >= 11 is 0. The molecule has 2 aromatic rings. The maximum atomic E-state index is 11.9. The fraction of sp³-hybridized carbons (Fsp3) is 0.182. The zero-order valence-electron chi connectivity index (χ0n) is 9.91. The molecule has 0 aliphatic carbocycles. The van der Waals surface area contributed by atoms with E-state index in [0.717, 1.165) is 0 Å². The summed E-state index contributed by atoms with van der Waals surface area (Å²) in [5.41, 5.74) is 1.42. The Labute approximate surface area is 109 Å². The summed E-state index contributed by atoms with van der Waals surface area (Å²) in [6, 6.07) is 5.03. The van der Waals surface area contributed by atoms with E-state index in [1.165, 1.54) is 12.4 Å². The largest absolute Gasteiger partial charge is 0.351 e. The first-order valence-corrected chi connectivity index (χ1v) is 7.17. The molecule has 0 bridgehead atoms. The number of hydrogen-bond acceptors (Lipinski definition) is 5. The highest BCUT2D eigenvalue weighted by atomic mass is 32.2. The summed E-state index contributed by atoms with van der Waals surface area (Å²) in [7, 11) is -3.59. The average molecular weight is 280 g/mol. The van der Waals surface area contributed by atoms with Crippen molar-refractivity contribution in [3.05, 3.63) is 36.2 Å². The topological polar surface area (TPSA) is 115 Å². The van der Waals surface area contributed by atoms with Crippen LogP contribution in [0.2, 0.25) is 0 Å². The van der Waals surface area contributed by atoms with Crippen LogP contribution in [0.4, 0.5) is 0 Å². The number of carbonyl (C=O) groups excluding carboxylic acids is 1. The SMILES string of the molecule is NS(=O)(=O)CCNC(=O)c1cccc2nccnc12. The third-order valence-electron chi connectivity index (χ3n) is 2.42. The lowest BCUT2D eigenvalue weighted by Gasteiger charge is -2.06. The van der Waals surface area contributed by atoms with Crippen LogP contribution in [-0.2, 0) is 10.0 Å². The van der Waals surface area contributed by atoms with Crippen LogP contribution in [0.25, 0.3) is 11.0 Å². The van der Waals surface area contributed by atoms with E-state index >= 15 is 0 Å². The first-order chi connectivity index (χ1) is 8.97. The van der Waals surface area contributed by atoms with Crippen molar-refractivity contribution in [2.24, 2.45) is 5.14 Å². The Morgan fingerprint density at radius 2 is 2.00 bits per heavy atom. The van der Waals surface area contributed by atoms with Crippen molar-refractivity contribution in [1.82, 2.24) is 15.3 Å². The number of amides is 1. The van der Waals surface area contributed by atoms with Crippen LogP contribution in [0.5, 0.6) is 0 Å². The zero-order chi connectivity index (χ0) is 13.9. The van der Waals surface area contributed by atoms with E-state index < -0.39 is 15.9 Å². The van der Waals surface area contributed by atoms with E-state index in [0.29, 0.717) is 16.6 Å². The Balaban J connectivity index is 2.18. The first kappa shape index (κ1) is 13.4. The van der Waals surface area contributed by atoms with Crippen LogP contribution in [0.3, 0.4) is 0 Å². The molecular weight excluding hydrogens is 268 g/mol. The molecule has 0 aliphatic rings. The molecule has 0 saturated heterocycles. The average Bonchev–Trinajstić information content (AvgIpc) is 2.36. The Morgan fingerprint density at radius 1 is 1.26 bits per heavy atom. The number of benzene rings is 1. The van der Waals surface area contributed by atoms with Crippen LogP contribution >= 0.6 is 0 Å². The molecular formula is C11H12N4O3S. The molecule has 2 rings (SSSR count). The molecule has 0 spiro atoms. The highest BCUT2D eigenvalue weighted by Crippen LogP contribution is 2.13. The number of nitrogens with two attached hydrogens (primary N) is 1. The lowest BCUT2D eigenvalue weighted by Crippen LogP contribution is -2.31. The van der Waals surface area contributed by atoms with Crippen LogP contribution in [0, 0.1) is 0 Å². The second-order valence-electron chi connectivity index (χ2n) is 3.85. The van der Waals surface area contributed by atoms with Gasteiger partial charge in [-0.3, -0.25) is 14.8 Å². The molecule has 1 amide bonds. The van der Waals surface area contributed by atoms with Gasteiger partial charge in [-0.25, -0.2) is 13.6 Å². The quantitative estimate of drug-likeness (QED) is 0.794. The number of rotatable bonds is 4. The van der Waals surface area contributed by atoms with Crippen LogP contribution in [0.15, 0.2) is 30.6 Å². The van der Waals surface area contributed by atoms with E-state index in [1.54, 1.807) is 18.2 Å². The minimum Gasteiger partial charge on any atom is -0.351 e. The first-order valence-electron chi connectivity index (χ1n) is 5.46. The standard InChI is InChI=1S/C11H12N4O3S/c12-19(17,18)7-6-15-11(16)8-2-1-3-9-10(8)14-5-4-13-9/h1-5H,6-7H2,(H,15,16)(H2,12,17,18). The van der Waals surface area contributed by atoms with Gasteiger partial charge < -0.3 is 5.32 Å². The molecule has 1 aromatic heterocycles. The lowest BCUT2D eigenvalue weighted by atomic mass is 10.1. The molecule has 1 aromatic carbocycles. The number of hydrogen-bond donors (Lipinski definition) is 2. The number of carbonyl (C=O) groups is 1. The minimum atomic E-state index is -3.59. The molecule has 1 heterocycles. The summed E-state index contributed by atoms with van der Waals surface area (Å²) in [5, 5.41) is 7.33. The Morgan fingerprint density at radius 3 is 2.74 bits per heavy atom. The number of nitrogens with zero attached hydrogens (tertiary/aromatic N) is 2. The highest BCUT2D eigenvalue weighted by Gasteiger charge is 2.11. The van der Waals surface area contributed by atoms with Gasteiger partial charge in [0.25, 0.3) is 5.91 Å². The maximum absolute atomic E-state index is 11.9. The number of primary sulfonamides is 1. The fourth-order valence-corrected chi connectivity index (χ4v) is 1.96. The van der Waals surface area contributed by atoms with Crippen LogP contribution in [0.1, 0.15) is 10.4 Å². The zero-order valence-corrected chi connectivity index (χ0v) is 10.7. The summed E-state index contributed by atoms with van der Waals surface area (Å²) in [5.74, 6) is -0.718.